The Bertz CT molecular complexity index is 730. The fourth-order valence-electron chi connectivity index (χ4n) is 4.04. The summed E-state index contributed by atoms with van der Waals surface area (Å²) < 4.78 is 5.35. The monoisotopic (exact) mass is 340 g/mol. The number of aromatic nitrogens is 2. The molecule has 0 spiro atoms. The quantitative estimate of drug-likeness (QED) is 0.856. The van der Waals surface area contributed by atoms with E-state index >= 15 is 0 Å². The van der Waals surface area contributed by atoms with Gasteiger partial charge in [-0.25, -0.2) is 0 Å². The Morgan fingerprint density at radius 1 is 1.20 bits per heavy atom. The highest BCUT2D eigenvalue weighted by atomic mass is 16.5. The molecule has 6 nitrogen and oxygen atoms in total. The fourth-order valence-corrected chi connectivity index (χ4v) is 4.04. The second-order valence-electron chi connectivity index (χ2n) is 6.98. The van der Waals surface area contributed by atoms with Crippen molar-refractivity contribution in [2.75, 3.05) is 13.1 Å². The van der Waals surface area contributed by atoms with E-state index in [0.29, 0.717) is 11.7 Å². The number of hydrogen-bond donors (Lipinski definition) is 0. The molecule has 2 aromatic rings. The largest absolute Gasteiger partial charge is 0.337 e. The predicted molar refractivity (Wildman–Crippen MR) is 92.6 cm³/mol. The molecule has 2 atom stereocenters. The molecule has 25 heavy (non-hydrogen) atoms. The molecule has 1 aromatic carbocycles. The molecule has 0 radical (unpaired) electrons. The highest BCUT2D eigenvalue weighted by Gasteiger charge is 2.40. The van der Waals surface area contributed by atoms with Crippen molar-refractivity contribution in [3.8, 4) is 0 Å². The van der Waals surface area contributed by atoms with Crippen LogP contribution >= 0.6 is 0 Å². The van der Waals surface area contributed by atoms with Crippen molar-refractivity contribution in [3.05, 3.63) is 47.6 Å². The van der Waals surface area contributed by atoms with Gasteiger partial charge >= 0.3 is 0 Å². The van der Waals surface area contributed by atoms with E-state index in [0.717, 1.165) is 45.3 Å². The van der Waals surface area contributed by atoms with Gasteiger partial charge in [0, 0.05) is 13.1 Å². The Kier molecular flexibility index (Phi) is 4.53. The molecule has 0 aliphatic carbocycles. The van der Waals surface area contributed by atoms with Crippen molar-refractivity contribution >= 4 is 5.91 Å². The highest BCUT2D eigenvalue weighted by Crippen LogP contribution is 2.33. The third kappa shape index (κ3) is 3.31. The zero-order valence-corrected chi connectivity index (χ0v) is 14.6. The standard InChI is InChI=1S/C19H24N4O2/c1-14-20-18(25-21-14)16-9-6-12-23(16)19(24)17-10-5-11-22(17)13-15-7-3-2-4-8-15/h2-4,7-8,16-17H,5-6,9-13H2,1H3/t16-,17-/m0/s1. The Morgan fingerprint density at radius 3 is 2.76 bits per heavy atom. The van der Waals surface area contributed by atoms with E-state index in [1.807, 2.05) is 17.9 Å². The second kappa shape index (κ2) is 6.96. The number of hydrogen-bond acceptors (Lipinski definition) is 5. The van der Waals surface area contributed by atoms with E-state index in [4.69, 9.17) is 4.52 Å². The Balaban J connectivity index is 1.49. The van der Waals surface area contributed by atoms with Crippen LogP contribution in [0.15, 0.2) is 34.9 Å². The number of benzene rings is 1. The summed E-state index contributed by atoms with van der Waals surface area (Å²) in [6, 6.07) is 10.3. The Labute approximate surface area is 147 Å². The Hall–Kier alpha value is -2.21. The van der Waals surface area contributed by atoms with Gasteiger partial charge in [0.2, 0.25) is 11.8 Å². The van der Waals surface area contributed by atoms with Gasteiger partial charge in [0.05, 0.1) is 6.04 Å². The second-order valence-corrected chi connectivity index (χ2v) is 6.98. The molecule has 0 bridgehead atoms. The van der Waals surface area contributed by atoms with Crippen LogP contribution in [0.25, 0.3) is 0 Å². The average Bonchev–Trinajstić information content (AvgIpc) is 3.35. The number of carbonyl (C=O) groups excluding carboxylic acids is 1. The molecule has 0 unspecified atom stereocenters. The van der Waals surface area contributed by atoms with Gasteiger partial charge in [0.15, 0.2) is 5.82 Å². The highest BCUT2D eigenvalue weighted by molar-refractivity contribution is 5.82. The van der Waals surface area contributed by atoms with Crippen LogP contribution in [-0.4, -0.2) is 45.0 Å². The zero-order valence-electron chi connectivity index (χ0n) is 14.6. The van der Waals surface area contributed by atoms with E-state index < -0.39 is 0 Å². The van der Waals surface area contributed by atoms with E-state index in [1.165, 1.54) is 5.56 Å². The van der Waals surface area contributed by atoms with Crippen LogP contribution in [0.4, 0.5) is 0 Å². The lowest BCUT2D eigenvalue weighted by Crippen LogP contribution is -2.45. The smallest absolute Gasteiger partial charge is 0.249 e. The first-order valence-electron chi connectivity index (χ1n) is 9.11. The van der Waals surface area contributed by atoms with Crippen LogP contribution in [0.1, 0.15) is 49.0 Å². The first-order chi connectivity index (χ1) is 12.2. The van der Waals surface area contributed by atoms with Crippen molar-refractivity contribution in [2.24, 2.45) is 0 Å². The van der Waals surface area contributed by atoms with Crippen molar-refractivity contribution in [2.45, 2.75) is 51.2 Å². The third-order valence-corrected chi connectivity index (χ3v) is 5.24. The first kappa shape index (κ1) is 16.3. The molecule has 3 heterocycles. The lowest BCUT2D eigenvalue weighted by Gasteiger charge is -2.30. The molecular formula is C19H24N4O2. The maximum atomic E-state index is 13.2. The first-order valence-corrected chi connectivity index (χ1v) is 9.11. The van der Waals surface area contributed by atoms with Crippen LogP contribution in [0.3, 0.4) is 0 Å². The molecule has 132 valence electrons. The van der Waals surface area contributed by atoms with Crippen molar-refractivity contribution in [1.29, 1.82) is 0 Å². The summed E-state index contributed by atoms with van der Waals surface area (Å²) in [6.07, 6.45) is 3.89. The molecule has 0 N–H and O–H groups in total. The molecular weight excluding hydrogens is 316 g/mol. The number of aryl methyl sites for hydroxylation is 1. The average molecular weight is 340 g/mol. The van der Waals surface area contributed by atoms with Crippen molar-refractivity contribution < 1.29 is 9.32 Å². The molecule has 1 aromatic heterocycles. The number of nitrogens with zero attached hydrogens (tertiary/aromatic N) is 4. The van der Waals surface area contributed by atoms with Crippen LogP contribution in [0, 0.1) is 6.92 Å². The van der Waals surface area contributed by atoms with Gasteiger partial charge in [-0.15, -0.1) is 0 Å². The molecule has 0 saturated carbocycles. The molecule has 1 amide bonds. The molecule has 6 heteroatoms. The topological polar surface area (TPSA) is 62.5 Å². The van der Waals surface area contributed by atoms with E-state index in [9.17, 15) is 4.79 Å². The minimum absolute atomic E-state index is 0.0372. The van der Waals surface area contributed by atoms with E-state index in [-0.39, 0.29) is 18.0 Å². The van der Waals surface area contributed by atoms with E-state index in [2.05, 4.69) is 39.3 Å². The number of rotatable bonds is 4. The molecule has 2 aliphatic heterocycles. The zero-order chi connectivity index (χ0) is 17.2. The third-order valence-electron chi connectivity index (χ3n) is 5.24. The van der Waals surface area contributed by atoms with E-state index in [1.54, 1.807) is 0 Å². The lowest BCUT2D eigenvalue weighted by atomic mass is 10.1. The van der Waals surface area contributed by atoms with Crippen LogP contribution in [0.2, 0.25) is 0 Å². The SMILES string of the molecule is Cc1noc([C@@H]2CCCN2C(=O)[C@@H]2CCCN2Cc2ccccc2)n1. The number of carbonyl (C=O) groups is 1. The summed E-state index contributed by atoms with van der Waals surface area (Å²) >= 11 is 0. The van der Waals surface area contributed by atoms with Crippen LogP contribution in [-0.2, 0) is 11.3 Å². The van der Waals surface area contributed by atoms with Crippen LogP contribution in [0.5, 0.6) is 0 Å². The Morgan fingerprint density at radius 2 is 2.00 bits per heavy atom. The van der Waals surface area contributed by atoms with Gasteiger partial charge in [-0.1, -0.05) is 35.5 Å². The number of likely N-dealkylation sites (tertiary alicyclic amines) is 2. The number of amides is 1. The maximum absolute atomic E-state index is 13.2. The lowest BCUT2D eigenvalue weighted by molar-refractivity contribution is -0.137. The summed E-state index contributed by atoms with van der Waals surface area (Å²) in [5.74, 6) is 1.42. The fraction of sp³-hybridized carbons (Fsp3) is 0.526. The summed E-state index contributed by atoms with van der Waals surface area (Å²) in [5.41, 5.74) is 1.26. The van der Waals surface area contributed by atoms with Crippen LogP contribution < -0.4 is 0 Å². The van der Waals surface area contributed by atoms with Gasteiger partial charge in [-0.05, 0) is 44.7 Å². The van der Waals surface area contributed by atoms with Gasteiger partial charge < -0.3 is 9.42 Å². The predicted octanol–water partition coefficient (Wildman–Crippen LogP) is 2.71. The van der Waals surface area contributed by atoms with Crippen molar-refractivity contribution in [3.63, 3.8) is 0 Å². The van der Waals surface area contributed by atoms with Gasteiger partial charge in [0.25, 0.3) is 0 Å². The van der Waals surface area contributed by atoms with Gasteiger partial charge in [-0.2, -0.15) is 4.98 Å². The molecule has 2 saturated heterocycles. The molecule has 2 fully saturated rings. The maximum Gasteiger partial charge on any atom is 0.249 e. The molecule has 2 aliphatic rings. The normalized spacial score (nSPS) is 24.1. The van der Waals surface area contributed by atoms with Crippen molar-refractivity contribution in [1.82, 2.24) is 19.9 Å². The minimum atomic E-state index is -0.0622. The summed E-state index contributed by atoms with van der Waals surface area (Å²) in [7, 11) is 0. The molecule has 4 rings (SSSR count). The minimum Gasteiger partial charge on any atom is -0.337 e. The summed E-state index contributed by atoms with van der Waals surface area (Å²) in [5, 5.41) is 3.89. The van der Waals surface area contributed by atoms with Gasteiger partial charge in [0.1, 0.15) is 6.04 Å². The summed E-state index contributed by atoms with van der Waals surface area (Å²) in [4.78, 5) is 21.9. The summed E-state index contributed by atoms with van der Waals surface area (Å²) in [6.45, 7) is 4.40. The van der Waals surface area contributed by atoms with Gasteiger partial charge in [-0.3, -0.25) is 9.69 Å².